The van der Waals surface area contributed by atoms with Crippen molar-refractivity contribution in [1.29, 1.82) is 0 Å². The minimum absolute atomic E-state index is 0.0119. The van der Waals surface area contributed by atoms with Gasteiger partial charge in [-0.3, -0.25) is 13.9 Å². The number of nitrogens with one attached hydrogen (secondary N) is 1. The lowest BCUT2D eigenvalue weighted by Gasteiger charge is -2.33. The van der Waals surface area contributed by atoms with Gasteiger partial charge in [-0.1, -0.05) is 47.5 Å². The summed E-state index contributed by atoms with van der Waals surface area (Å²) in [6.07, 6.45) is 0. The van der Waals surface area contributed by atoms with Crippen LogP contribution in [0.25, 0.3) is 0 Å². The fourth-order valence-electron chi connectivity index (χ4n) is 4.12. The number of hydrogen-bond donors (Lipinski definition) is 1. The lowest BCUT2D eigenvalue weighted by atomic mass is 10.1. The molecule has 41 heavy (non-hydrogen) atoms. The summed E-state index contributed by atoms with van der Waals surface area (Å²) >= 11 is 3.36. The van der Waals surface area contributed by atoms with Gasteiger partial charge in [-0.05, 0) is 93.4 Å². The summed E-state index contributed by atoms with van der Waals surface area (Å²) in [5.41, 5.74) is 2.65. The van der Waals surface area contributed by atoms with E-state index in [2.05, 4.69) is 21.2 Å². The van der Waals surface area contributed by atoms with Crippen molar-refractivity contribution in [2.75, 3.05) is 18.0 Å². The zero-order chi connectivity index (χ0) is 30.5. The molecule has 0 saturated heterocycles. The number of nitrogens with zero attached hydrogens (tertiary/aromatic N) is 2. The van der Waals surface area contributed by atoms with Gasteiger partial charge in [0.15, 0.2) is 0 Å². The maximum Gasteiger partial charge on any atom is 0.264 e. The monoisotopic (exact) mass is 643 g/mol. The highest BCUT2D eigenvalue weighted by molar-refractivity contribution is 9.10. The standard InChI is InChI=1S/C31H38BrN3O5S/c1-21-8-12-24(13-9-21)19-34(23(3)30(37)33-31(4,5)6)29(36)20-35(25-14-10-22(2)11-15-25)41(38,39)26-16-17-28(40-7)27(32)18-26/h8-18,23H,19-20H2,1-7H3,(H,33,37)/t23-/m1/s1. The number of carbonyl (C=O) groups excluding carboxylic acids is 2. The summed E-state index contributed by atoms with van der Waals surface area (Å²) in [6.45, 7) is 10.7. The van der Waals surface area contributed by atoms with Crippen LogP contribution in [0.4, 0.5) is 5.69 Å². The molecule has 0 heterocycles. The zero-order valence-corrected chi connectivity index (χ0v) is 27.0. The Morgan fingerprint density at radius 2 is 1.51 bits per heavy atom. The number of methoxy groups -OCH3 is 1. The molecular weight excluding hydrogens is 606 g/mol. The maximum atomic E-state index is 14.0. The number of hydrogen-bond acceptors (Lipinski definition) is 5. The Balaban J connectivity index is 2.05. The SMILES string of the molecule is COc1ccc(S(=O)(=O)N(CC(=O)N(Cc2ccc(C)cc2)[C@H](C)C(=O)NC(C)(C)C)c2ccc(C)cc2)cc1Br. The highest BCUT2D eigenvalue weighted by Crippen LogP contribution is 2.31. The average molecular weight is 645 g/mol. The first-order chi connectivity index (χ1) is 19.1. The summed E-state index contributed by atoms with van der Waals surface area (Å²) in [4.78, 5) is 28.6. The maximum absolute atomic E-state index is 14.0. The third-order valence-electron chi connectivity index (χ3n) is 6.45. The van der Waals surface area contributed by atoms with E-state index in [4.69, 9.17) is 4.74 Å². The van der Waals surface area contributed by atoms with Crippen LogP contribution in [0.5, 0.6) is 5.75 Å². The molecule has 0 fully saturated rings. The Labute approximate surface area is 251 Å². The largest absolute Gasteiger partial charge is 0.496 e. The fraction of sp³-hybridized carbons (Fsp3) is 0.355. The van der Waals surface area contributed by atoms with Crippen LogP contribution in [0.1, 0.15) is 44.4 Å². The smallest absolute Gasteiger partial charge is 0.264 e. The Bertz CT molecular complexity index is 1480. The molecule has 0 aliphatic heterocycles. The van der Waals surface area contributed by atoms with E-state index in [-0.39, 0.29) is 17.3 Å². The summed E-state index contributed by atoms with van der Waals surface area (Å²) in [5, 5.41) is 2.93. The average Bonchev–Trinajstić information content (AvgIpc) is 2.90. The number of carbonyl (C=O) groups is 2. The minimum atomic E-state index is -4.20. The van der Waals surface area contributed by atoms with Gasteiger partial charge in [-0.2, -0.15) is 0 Å². The molecular formula is C31H38BrN3O5S. The molecule has 1 N–H and O–H groups in total. The minimum Gasteiger partial charge on any atom is -0.496 e. The molecule has 0 radical (unpaired) electrons. The van der Waals surface area contributed by atoms with Gasteiger partial charge in [0.2, 0.25) is 11.8 Å². The molecule has 0 aliphatic rings. The molecule has 8 nitrogen and oxygen atoms in total. The van der Waals surface area contributed by atoms with E-state index in [1.54, 1.807) is 37.3 Å². The number of amides is 2. The van der Waals surface area contributed by atoms with E-state index in [0.717, 1.165) is 21.0 Å². The molecule has 220 valence electrons. The van der Waals surface area contributed by atoms with Gasteiger partial charge in [0.25, 0.3) is 10.0 Å². The van der Waals surface area contributed by atoms with Crippen molar-refractivity contribution in [1.82, 2.24) is 10.2 Å². The van der Waals surface area contributed by atoms with Crippen molar-refractivity contribution in [3.8, 4) is 5.75 Å². The van der Waals surface area contributed by atoms with Crippen LogP contribution in [0.15, 0.2) is 76.1 Å². The van der Waals surface area contributed by atoms with Gasteiger partial charge in [0, 0.05) is 12.1 Å². The van der Waals surface area contributed by atoms with Gasteiger partial charge < -0.3 is 15.0 Å². The molecule has 10 heteroatoms. The van der Waals surface area contributed by atoms with Gasteiger partial charge in [-0.25, -0.2) is 8.42 Å². The van der Waals surface area contributed by atoms with Crippen LogP contribution in [-0.4, -0.2) is 50.4 Å². The van der Waals surface area contributed by atoms with Crippen LogP contribution in [0.2, 0.25) is 0 Å². The van der Waals surface area contributed by atoms with E-state index in [0.29, 0.717) is 15.9 Å². The van der Waals surface area contributed by atoms with Crippen molar-refractivity contribution in [2.45, 2.75) is 64.6 Å². The molecule has 0 aliphatic carbocycles. The summed E-state index contributed by atoms with van der Waals surface area (Å²) in [6, 6.07) is 18.1. The summed E-state index contributed by atoms with van der Waals surface area (Å²) in [7, 11) is -2.71. The van der Waals surface area contributed by atoms with E-state index in [9.17, 15) is 18.0 Å². The highest BCUT2D eigenvalue weighted by Gasteiger charge is 2.33. The molecule has 0 aromatic heterocycles. The lowest BCUT2D eigenvalue weighted by molar-refractivity contribution is -0.140. The number of benzene rings is 3. The van der Waals surface area contributed by atoms with Crippen LogP contribution >= 0.6 is 15.9 Å². The molecule has 0 unspecified atom stereocenters. The van der Waals surface area contributed by atoms with Crippen molar-refractivity contribution < 1.29 is 22.7 Å². The molecule has 3 rings (SSSR count). The first-order valence-corrected chi connectivity index (χ1v) is 15.5. The van der Waals surface area contributed by atoms with Gasteiger partial charge >= 0.3 is 0 Å². The van der Waals surface area contributed by atoms with Crippen LogP contribution in [0, 0.1) is 13.8 Å². The van der Waals surface area contributed by atoms with E-state index >= 15 is 0 Å². The van der Waals surface area contributed by atoms with E-state index < -0.39 is 34.1 Å². The van der Waals surface area contributed by atoms with Gasteiger partial charge in [0.05, 0.1) is 22.2 Å². The summed E-state index contributed by atoms with van der Waals surface area (Å²) in [5.74, 6) is -0.370. The second-order valence-corrected chi connectivity index (χ2v) is 13.8. The van der Waals surface area contributed by atoms with Gasteiger partial charge in [-0.15, -0.1) is 0 Å². The number of halogens is 1. The van der Waals surface area contributed by atoms with Crippen molar-refractivity contribution >= 4 is 43.5 Å². The first kappa shape index (κ1) is 32.1. The topological polar surface area (TPSA) is 96.0 Å². The Morgan fingerprint density at radius 3 is 2.02 bits per heavy atom. The molecule has 3 aromatic rings. The van der Waals surface area contributed by atoms with Crippen molar-refractivity contribution in [3.63, 3.8) is 0 Å². The van der Waals surface area contributed by atoms with Gasteiger partial charge in [0.1, 0.15) is 18.3 Å². The van der Waals surface area contributed by atoms with E-state index in [1.165, 1.54) is 24.1 Å². The molecule has 0 spiro atoms. The zero-order valence-electron chi connectivity index (χ0n) is 24.6. The lowest BCUT2D eigenvalue weighted by Crippen LogP contribution is -2.54. The molecule has 0 saturated carbocycles. The highest BCUT2D eigenvalue weighted by atomic mass is 79.9. The number of ether oxygens (including phenoxy) is 1. The number of rotatable bonds is 10. The number of sulfonamides is 1. The molecule has 3 aromatic carbocycles. The van der Waals surface area contributed by atoms with Crippen LogP contribution < -0.4 is 14.4 Å². The quantitative estimate of drug-likeness (QED) is 0.310. The predicted octanol–water partition coefficient (Wildman–Crippen LogP) is 5.60. The van der Waals surface area contributed by atoms with Crippen LogP contribution in [-0.2, 0) is 26.2 Å². The fourth-order valence-corrected chi connectivity index (χ4v) is 6.25. The molecule has 1 atom stereocenters. The van der Waals surface area contributed by atoms with Crippen LogP contribution in [0.3, 0.4) is 0 Å². The summed E-state index contributed by atoms with van der Waals surface area (Å²) < 4.78 is 34.9. The Morgan fingerprint density at radius 1 is 0.951 bits per heavy atom. The number of aryl methyl sites for hydroxylation is 2. The van der Waals surface area contributed by atoms with Crippen molar-refractivity contribution in [2.24, 2.45) is 0 Å². The van der Waals surface area contributed by atoms with E-state index in [1.807, 2.05) is 58.9 Å². The molecule has 2 amide bonds. The Kier molecular flexibility index (Phi) is 10.3. The van der Waals surface area contributed by atoms with Crippen molar-refractivity contribution in [3.05, 3.63) is 87.9 Å². The molecule has 0 bridgehead atoms. The normalized spacial score (nSPS) is 12.4. The second kappa shape index (κ2) is 13.1. The Hall–Kier alpha value is -3.37. The first-order valence-electron chi connectivity index (χ1n) is 13.2. The second-order valence-electron chi connectivity index (χ2n) is 11.1. The third-order valence-corrected chi connectivity index (χ3v) is 8.84. The predicted molar refractivity (Wildman–Crippen MR) is 165 cm³/mol. The number of anilines is 1. The third kappa shape index (κ3) is 8.33.